The van der Waals surface area contributed by atoms with Crippen LogP contribution in [-0.4, -0.2) is 153 Å². The van der Waals surface area contributed by atoms with Gasteiger partial charge in [-0.25, -0.2) is 9.59 Å². The van der Waals surface area contributed by atoms with Crippen molar-refractivity contribution in [3.63, 3.8) is 0 Å². The Labute approximate surface area is 473 Å². The van der Waals surface area contributed by atoms with E-state index in [-0.39, 0.29) is 75.0 Å². The molecule has 0 fully saturated rings. The van der Waals surface area contributed by atoms with Crippen LogP contribution in [0.2, 0.25) is 0 Å². The van der Waals surface area contributed by atoms with E-state index in [2.05, 4.69) is 32.9 Å². The predicted octanol–water partition coefficient (Wildman–Crippen LogP) is 11.9. The van der Waals surface area contributed by atoms with Crippen molar-refractivity contribution in [2.24, 2.45) is 0 Å². The fourth-order valence-corrected chi connectivity index (χ4v) is 8.95. The number of hydrogen-bond acceptors (Lipinski definition) is 14. The fourth-order valence-electron chi connectivity index (χ4n) is 8.95. The zero-order valence-corrected chi connectivity index (χ0v) is 50.8. The Morgan fingerprint density at radius 3 is 1.13 bits per heavy atom. The number of aliphatic hydroxyl groups excluding tert-OH is 2. The van der Waals surface area contributed by atoms with Crippen molar-refractivity contribution in [2.45, 2.75) is 271 Å². The van der Waals surface area contributed by atoms with E-state index in [1.165, 1.54) is 39.5 Å². The Hall–Kier alpha value is -3.86. The number of quaternary nitrogens is 2. The lowest BCUT2D eigenvalue weighted by Crippen LogP contribution is -2.47. The van der Waals surface area contributed by atoms with Gasteiger partial charge in [-0.15, -0.1) is 0 Å². The maximum atomic E-state index is 12.9. The fraction of sp³-hybridized carbons (Fsp3) is 0.839. The number of nitrogens with zero attached hydrogens (tertiary/aromatic N) is 2. The molecule has 0 saturated heterocycles. The summed E-state index contributed by atoms with van der Waals surface area (Å²) in [6, 6.07) is 0. The van der Waals surface area contributed by atoms with Crippen molar-refractivity contribution >= 4 is 35.8 Å². The van der Waals surface area contributed by atoms with Crippen LogP contribution in [0.15, 0.2) is 24.3 Å². The van der Waals surface area contributed by atoms with E-state index >= 15 is 0 Å². The lowest BCUT2D eigenvalue weighted by Gasteiger charge is -2.30. The third-order valence-corrected chi connectivity index (χ3v) is 13.9. The normalized spacial score (nSPS) is 13.9. The summed E-state index contributed by atoms with van der Waals surface area (Å²) in [4.78, 5) is 73.9. The molecule has 4 unspecified atom stereocenters. The minimum atomic E-state index is -0.860. The summed E-state index contributed by atoms with van der Waals surface area (Å²) in [5.41, 5.74) is 0. The molecule has 16 nitrogen and oxygen atoms in total. The van der Waals surface area contributed by atoms with Gasteiger partial charge in [0, 0.05) is 33.1 Å². The van der Waals surface area contributed by atoms with Gasteiger partial charge in [0.1, 0.15) is 38.5 Å². The first-order valence-corrected chi connectivity index (χ1v) is 30.6. The van der Waals surface area contributed by atoms with Gasteiger partial charge in [0.2, 0.25) is 6.29 Å². The van der Waals surface area contributed by atoms with Crippen LogP contribution in [0.5, 0.6) is 0 Å². The molecule has 0 heterocycles. The molecular formula is C62H114N2O14+2. The Morgan fingerprint density at radius 2 is 0.744 bits per heavy atom. The molecule has 0 radical (unpaired) electrons. The molecule has 2 N–H and O–H groups in total. The Morgan fingerprint density at radius 1 is 0.410 bits per heavy atom. The number of carbonyl (C=O) groups is 6. The van der Waals surface area contributed by atoms with Gasteiger partial charge in [0.05, 0.1) is 40.4 Å². The summed E-state index contributed by atoms with van der Waals surface area (Å²) >= 11 is 0. The lowest BCUT2D eigenvalue weighted by molar-refractivity contribution is -0.883. The van der Waals surface area contributed by atoms with Crippen LogP contribution >= 0.6 is 0 Å². The van der Waals surface area contributed by atoms with Gasteiger partial charge < -0.3 is 47.6 Å². The molecule has 4 atom stereocenters. The molecule has 0 spiro atoms. The highest BCUT2D eigenvalue weighted by molar-refractivity contribution is 5.72. The monoisotopic (exact) mass is 1110 g/mol. The predicted molar refractivity (Wildman–Crippen MR) is 308 cm³/mol. The van der Waals surface area contributed by atoms with Gasteiger partial charge in [0.15, 0.2) is 13.1 Å². The Balaban J connectivity index is 4.75. The average molecular weight is 1110 g/mol. The van der Waals surface area contributed by atoms with Gasteiger partial charge >= 0.3 is 35.8 Å². The van der Waals surface area contributed by atoms with Crippen LogP contribution in [0.1, 0.15) is 240 Å². The zero-order chi connectivity index (χ0) is 58.3. The second-order valence-electron chi connectivity index (χ2n) is 22.8. The first kappa shape index (κ1) is 74.1. The van der Waals surface area contributed by atoms with Crippen LogP contribution in [0.4, 0.5) is 0 Å². The van der Waals surface area contributed by atoms with Crippen molar-refractivity contribution < 1.29 is 76.4 Å². The average Bonchev–Trinajstić information content (AvgIpc) is 3.35. The van der Waals surface area contributed by atoms with E-state index in [0.29, 0.717) is 67.0 Å². The van der Waals surface area contributed by atoms with Crippen molar-refractivity contribution in [3.8, 4) is 0 Å². The highest BCUT2D eigenvalue weighted by Gasteiger charge is 2.29. The number of unbranched alkanes of at least 4 members (excludes halogenated alkanes) is 20. The molecule has 78 heavy (non-hydrogen) atoms. The van der Waals surface area contributed by atoms with Crippen molar-refractivity contribution in [1.29, 1.82) is 0 Å². The third kappa shape index (κ3) is 45.9. The molecule has 0 aromatic rings. The van der Waals surface area contributed by atoms with Crippen molar-refractivity contribution in [3.05, 3.63) is 24.3 Å². The van der Waals surface area contributed by atoms with E-state index < -0.39 is 30.7 Å². The smallest absolute Gasteiger partial charge is 0.362 e. The van der Waals surface area contributed by atoms with E-state index in [1.54, 1.807) is 0 Å². The molecule has 0 rings (SSSR count). The molecule has 16 heteroatoms. The number of carbonyl (C=O) groups excluding carboxylic acids is 6. The SMILES string of the molecule is CCCCCCCCCC(OC(=O)CCCCCCC/C=C\CC(O)C(CCCCC)OC(=O)C[N+](C)(C)CCOC(C)=O)OC(=O)CCCCCCC/C=C\CC(O)C(CCCCC)OC(=O)C[N+](C)(C)CCOC(C)=O. The van der Waals surface area contributed by atoms with E-state index in [9.17, 15) is 39.0 Å². The number of ether oxygens (including phenoxy) is 6. The second kappa shape index (κ2) is 47.9. The maximum absolute atomic E-state index is 12.9. The second-order valence-corrected chi connectivity index (χ2v) is 22.8. The summed E-state index contributed by atoms with van der Waals surface area (Å²) in [6.45, 7) is 10.7. The summed E-state index contributed by atoms with van der Waals surface area (Å²) < 4.78 is 33.8. The number of esters is 6. The summed E-state index contributed by atoms with van der Waals surface area (Å²) in [5.74, 6) is -2.13. The van der Waals surface area contributed by atoms with Crippen LogP contribution in [-0.2, 0) is 57.2 Å². The first-order chi connectivity index (χ1) is 37.2. The highest BCUT2D eigenvalue weighted by atomic mass is 16.7. The summed E-state index contributed by atoms with van der Waals surface area (Å²) in [6.07, 6.45) is 31.9. The maximum Gasteiger partial charge on any atom is 0.362 e. The highest BCUT2D eigenvalue weighted by Crippen LogP contribution is 2.20. The van der Waals surface area contributed by atoms with Crippen molar-refractivity contribution in [2.75, 3.05) is 67.6 Å². The number of aliphatic hydroxyl groups is 2. The minimum absolute atomic E-state index is 0.112. The van der Waals surface area contributed by atoms with Gasteiger partial charge in [-0.2, -0.15) is 0 Å². The van der Waals surface area contributed by atoms with Crippen LogP contribution in [0, 0.1) is 0 Å². The Bertz CT molecular complexity index is 1530. The molecule has 0 amide bonds. The van der Waals surface area contributed by atoms with Gasteiger partial charge in [-0.05, 0) is 83.5 Å². The topological polar surface area (TPSA) is 198 Å². The third-order valence-electron chi connectivity index (χ3n) is 13.9. The quantitative estimate of drug-likeness (QED) is 0.0146. The number of rotatable bonds is 52. The Kier molecular flexibility index (Phi) is 45.5. The van der Waals surface area contributed by atoms with Gasteiger partial charge in [-0.1, -0.05) is 148 Å². The molecule has 0 aromatic heterocycles. The number of hydrogen-bond donors (Lipinski definition) is 2. The molecule has 0 aromatic carbocycles. The molecule has 0 bridgehead atoms. The van der Waals surface area contributed by atoms with Crippen LogP contribution < -0.4 is 0 Å². The first-order valence-electron chi connectivity index (χ1n) is 30.6. The van der Waals surface area contributed by atoms with Gasteiger partial charge in [-0.3, -0.25) is 19.2 Å². The van der Waals surface area contributed by atoms with Crippen molar-refractivity contribution in [1.82, 2.24) is 0 Å². The molecule has 454 valence electrons. The van der Waals surface area contributed by atoms with Crippen LogP contribution in [0.25, 0.3) is 0 Å². The van der Waals surface area contributed by atoms with E-state index in [4.69, 9.17) is 28.4 Å². The minimum Gasteiger partial charge on any atom is -0.460 e. The molecule has 0 aliphatic heterocycles. The molecule has 0 aliphatic rings. The lowest BCUT2D eigenvalue weighted by atomic mass is 10.0. The molecule has 0 aliphatic carbocycles. The van der Waals surface area contributed by atoms with E-state index in [1.807, 2.05) is 40.3 Å². The number of allylic oxidation sites excluding steroid dienone is 2. The zero-order valence-electron chi connectivity index (χ0n) is 50.8. The number of likely N-dealkylation sites (N-methyl/N-ethyl adjacent to an activating group) is 2. The molecular weight excluding hydrogens is 997 g/mol. The van der Waals surface area contributed by atoms with Gasteiger partial charge in [0.25, 0.3) is 0 Å². The molecule has 0 saturated carbocycles. The van der Waals surface area contributed by atoms with E-state index in [0.717, 1.165) is 122 Å². The largest absolute Gasteiger partial charge is 0.460 e. The van der Waals surface area contributed by atoms with Crippen LogP contribution in [0.3, 0.4) is 0 Å². The standard InChI is InChI=1S/C62H114N2O14/c1-10-13-16-17-22-31-38-45-62(77-58(69)43-36-29-25-20-18-23-27-34-39-54(67)56(41-32-14-11-2)75-60(71)50-63(6,7)46-48-73-52(4)65)78-59(70)44-37-30-26-21-19-24-28-35-40-55(68)57(42-33-15-12-3)76-61(72)51-64(8,9)47-49-74-53(5)66/h27-28,34-35,54-57,62,67-68H,10-26,29-33,36-51H2,1-9H3/q+2/b34-27-,35-28-. The summed E-state index contributed by atoms with van der Waals surface area (Å²) in [7, 11) is 7.51. The summed E-state index contributed by atoms with van der Waals surface area (Å²) in [5, 5.41) is 22.0.